The molecule has 0 unspecified atom stereocenters. The molecular formula is C20H27N3O4. The van der Waals surface area contributed by atoms with Crippen LogP contribution in [0.2, 0.25) is 0 Å². The van der Waals surface area contributed by atoms with Gasteiger partial charge in [-0.15, -0.1) is 0 Å². The Bertz CT molecular complexity index is 734. The number of methoxy groups -OCH3 is 1. The number of carbonyl (C=O) groups is 3. The molecule has 3 fully saturated rings. The second-order valence-electron chi connectivity index (χ2n) is 7.47. The van der Waals surface area contributed by atoms with Gasteiger partial charge in [-0.2, -0.15) is 0 Å². The molecule has 0 aromatic heterocycles. The first kappa shape index (κ1) is 19.2. The summed E-state index contributed by atoms with van der Waals surface area (Å²) < 4.78 is 5.34. The molecule has 0 aliphatic carbocycles. The van der Waals surface area contributed by atoms with Crippen molar-refractivity contribution in [1.82, 2.24) is 14.7 Å². The van der Waals surface area contributed by atoms with Crippen LogP contribution < -0.4 is 4.74 Å². The summed E-state index contributed by atoms with van der Waals surface area (Å²) in [5.41, 5.74) is 0.840. The number of ether oxygens (including phenoxy) is 1. The van der Waals surface area contributed by atoms with E-state index in [-0.39, 0.29) is 42.6 Å². The van der Waals surface area contributed by atoms with Crippen molar-refractivity contribution in [2.24, 2.45) is 5.92 Å². The first-order valence-electron chi connectivity index (χ1n) is 9.31. The molecule has 0 saturated carbocycles. The fourth-order valence-electron chi connectivity index (χ4n) is 3.86. The maximum atomic E-state index is 12.9. The van der Waals surface area contributed by atoms with Gasteiger partial charge >= 0.3 is 0 Å². The lowest BCUT2D eigenvalue weighted by atomic mass is 9.94. The van der Waals surface area contributed by atoms with E-state index in [0.717, 1.165) is 18.4 Å². The molecule has 1 aromatic rings. The first-order valence-corrected chi connectivity index (χ1v) is 9.31. The third kappa shape index (κ3) is 4.07. The van der Waals surface area contributed by atoms with Gasteiger partial charge in [0.05, 0.1) is 19.4 Å². The Kier molecular flexibility index (Phi) is 5.68. The minimum atomic E-state index is -0.222. The maximum absolute atomic E-state index is 12.9. The van der Waals surface area contributed by atoms with Crippen molar-refractivity contribution in [1.29, 1.82) is 0 Å². The number of para-hydroxylation sites is 1. The second-order valence-corrected chi connectivity index (χ2v) is 7.47. The van der Waals surface area contributed by atoms with E-state index in [2.05, 4.69) is 0 Å². The molecule has 7 heteroatoms. The number of amides is 3. The van der Waals surface area contributed by atoms with Crippen LogP contribution in [-0.4, -0.2) is 79.3 Å². The van der Waals surface area contributed by atoms with E-state index in [1.165, 1.54) is 4.90 Å². The number of hydrogen-bond donors (Lipinski definition) is 0. The van der Waals surface area contributed by atoms with Crippen molar-refractivity contribution < 1.29 is 19.1 Å². The SMILES string of the molecule is COc1ccccc1CC(=O)N1C[C@@H]2CC[C@H](C1)N(CC(=O)N(C)C)C2=O. The van der Waals surface area contributed by atoms with Gasteiger partial charge in [0.25, 0.3) is 0 Å². The van der Waals surface area contributed by atoms with Gasteiger partial charge < -0.3 is 19.4 Å². The van der Waals surface area contributed by atoms with E-state index >= 15 is 0 Å². The number of benzene rings is 1. The first-order chi connectivity index (χ1) is 12.9. The number of likely N-dealkylation sites (N-methyl/N-ethyl adjacent to an activating group) is 1. The molecule has 3 amide bonds. The minimum absolute atomic E-state index is 0.00552. The predicted octanol–water partition coefficient (Wildman–Crippen LogP) is 0.775. The third-order valence-electron chi connectivity index (χ3n) is 5.48. The highest BCUT2D eigenvalue weighted by Gasteiger charge is 2.42. The van der Waals surface area contributed by atoms with Crippen LogP contribution >= 0.6 is 0 Å². The topological polar surface area (TPSA) is 70.2 Å². The highest BCUT2D eigenvalue weighted by Crippen LogP contribution is 2.30. The van der Waals surface area contributed by atoms with E-state index < -0.39 is 0 Å². The van der Waals surface area contributed by atoms with Crippen LogP contribution in [0.3, 0.4) is 0 Å². The highest BCUT2D eigenvalue weighted by atomic mass is 16.5. The monoisotopic (exact) mass is 373 g/mol. The molecule has 2 atom stereocenters. The normalized spacial score (nSPS) is 21.8. The molecule has 146 valence electrons. The molecular weight excluding hydrogens is 346 g/mol. The number of hydrogen-bond acceptors (Lipinski definition) is 4. The largest absolute Gasteiger partial charge is 0.496 e. The van der Waals surface area contributed by atoms with Crippen molar-refractivity contribution in [2.75, 3.05) is 40.8 Å². The molecule has 3 aliphatic rings. The van der Waals surface area contributed by atoms with Gasteiger partial charge in [-0.3, -0.25) is 14.4 Å². The van der Waals surface area contributed by atoms with Crippen LogP contribution in [0.25, 0.3) is 0 Å². The summed E-state index contributed by atoms with van der Waals surface area (Å²) in [5.74, 6) is 0.361. The minimum Gasteiger partial charge on any atom is -0.496 e. The summed E-state index contributed by atoms with van der Waals surface area (Å²) in [4.78, 5) is 42.8. The zero-order valence-corrected chi connectivity index (χ0v) is 16.2. The molecule has 2 bridgehead atoms. The molecule has 3 saturated heterocycles. The summed E-state index contributed by atoms with van der Waals surface area (Å²) >= 11 is 0. The Hall–Kier alpha value is -2.57. The smallest absolute Gasteiger partial charge is 0.241 e. The summed E-state index contributed by atoms with van der Waals surface area (Å²) in [6.45, 7) is 0.994. The summed E-state index contributed by atoms with van der Waals surface area (Å²) in [6, 6.07) is 7.39. The Morgan fingerprint density at radius 1 is 1.19 bits per heavy atom. The fourth-order valence-corrected chi connectivity index (χ4v) is 3.86. The van der Waals surface area contributed by atoms with Crippen LogP contribution in [0.15, 0.2) is 24.3 Å². The van der Waals surface area contributed by atoms with E-state index in [0.29, 0.717) is 18.8 Å². The zero-order chi connectivity index (χ0) is 19.6. The summed E-state index contributed by atoms with van der Waals surface area (Å²) in [6.07, 6.45) is 1.85. The average molecular weight is 373 g/mol. The van der Waals surface area contributed by atoms with Crippen LogP contribution in [0.1, 0.15) is 18.4 Å². The quantitative estimate of drug-likeness (QED) is 0.765. The Morgan fingerprint density at radius 3 is 2.63 bits per heavy atom. The summed E-state index contributed by atoms with van der Waals surface area (Å²) in [7, 11) is 4.96. The number of nitrogens with zero attached hydrogens (tertiary/aromatic N) is 3. The molecule has 3 aliphatic heterocycles. The van der Waals surface area contributed by atoms with Gasteiger partial charge in [0.2, 0.25) is 17.7 Å². The van der Waals surface area contributed by atoms with E-state index in [1.54, 1.807) is 31.0 Å². The zero-order valence-electron chi connectivity index (χ0n) is 16.2. The van der Waals surface area contributed by atoms with E-state index in [9.17, 15) is 14.4 Å². The molecule has 7 nitrogen and oxygen atoms in total. The van der Waals surface area contributed by atoms with Crippen molar-refractivity contribution in [3.63, 3.8) is 0 Å². The van der Waals surface area contributed by atoms with Crippen molar-refractivity contribution in [3.05, 3.63) is 29.8 Å². The fraction of sp³-hybridized carbons (Fsp3) is 0.550. The van der Waals surface area contributed by atoms with Crippen LogP contribution in [0.4, 0.5) is 0 Å². The third-order valence-corrected chi connectivity index (χ3v) is 5.48. The van der Waals surface area contributed by atoms with Gasteiger partial charge in [0.1, 0.15) is 12.3 Å². The number of fused-ring (bicyclic) bond motifs is 4. The van der Waals surface area contributed by atoms with Gasteiger partial charge in [0.15, 0.2) is 0 Å². The molecule has 3 heterocycles. The van der Waals surface area contributed by atoms with Crippen LogP contribution in [-0.2, 0) is 20.8 Å². The lowest BCUT2D eigenvalue weighted by Gasteiger charge is -2.35. The van der Waals surface area contributed by atoms with Gasteiger partial charge in [0, 0.05) is 38.8 Å². The lowest BCUT2D eigenvalue weighted by Crippen LogP contribution is -2.51. The van der Waals surface area contributed by atoms with Gasteiger partial charge in [-0.1, -0.05) is 18.2 Å². The Morgan fingerprint density at radius 2 is 1.93 bits per heavy atom. The average Bonchev–Trinajstić information content (AvgIpc) is 2.94. The number of carbonyl (C=O) groups excluding carboxylic acids is 3. The number of piperidine rings is 1. The Labute approximate surface area is 159 Å². The number of rotatable bonds is 5. The van der Waals surface area contributed by atoms with Crippen molar-refractivity contribution >= 4 is 17.7 Å². The molecule has 27 heavy (non-hydrogen) atoms. The standard InChI is InChI=1S/C20H27N3O4/c1-21(2)19(25)13-23-16-9-8-15(20(23)26)11-22(12-16)18(24)10-14-6-4-5-7-17(14)27-3/h4-7,15-16H,8-13H2,1-3H3/t15-,16+/m0/s1. The van der Waals surface area contributed by atoms with Gasteiger partial charge in [-0.25, -0.2) is 0 Å². The Balaban J connectivity index is 1.73. The lowest BCUT2D eigenvalue weighted by molar-refractivity contribution is -0.145. The van der Waals surface area contributed by atoms with Crippen molar-refractivity contribution in [2.45, 2.75) is 25.3 Å². The van der Waals surface area contributed by atoms with E-state index in [1.807, 2.05) is 24.3 Å². The highest BCUT2D eigenvalue weighted by molar-refractivity contribution is 5.88. The molecule has 0 N–H and O–H groups in total. The van der Waals surface area contributed by atoms with E-state index in [4.69, 9.17) is 4.74 Å². The second kappa shape index (κ2) is 7.98. The maximum Gasteiger partial charge on any atom is 0.241 e. The molecule has 1 aromatic carbocycles. The van der Waals surface area contributed by atoms with Crippen molar-refractivity contribution in [3.8, 4) is 5.75 Å². The van der Waals surface area contributed by atoms with Crippen LogP contribution in [0.5, 0.6) is 5.75 Å². The van der Waals surface area contributed by atoms with Crippen LogP contribution in [0, 0.1) is 5.92 Å². The predicted molar refractivity (Wildman–Crippen MR) is 100 cm³/mol. The molecule has 0 radical (unpaired) electrons. The molecule has 4 rings (SSSR count). The summed E-state index contributed by atoms with van der Waals surface area (Å²) in [5, 5.41) is 0. The molecule has 0 spiro atoms. The van der Waals surface area contributed by atoms with Gasteiger partial charge in [-0.05, 0) is 18.9 Å².